The van der Waals surface area contributed by atoms with Crippen molar-refractivity contribution in [3.05, 3.63) is 24.0 Å². The first-order valence-corrected chi connectivity index (χ1v) is 4.52. The highest BCUT2D eigenvalue weighted by Crippen LogP contribution is 2.05. The highest BCUT2D eigenvalue weighted by Gasteiger charge is 2.01. The van der Waals surface area contributed by atoms with Crippen molar-refractivity contribution in [2.75, 3.05) is 6.26 Å². The molecule has 0 spiro atoms. The quantitative estimate of drug-likeness (QED) is 0.570. The Morgan fingerprint density at radius 3 is 2.60 bits per heavy atom. The maximum absolute atomic E-state index is 10.8. The second-order valence-corrected chi connectivity index (χ2v) is 3.47. The van der Waals surface area contributed by atoms with Crippen molar-refractivity contribution >= 4 is 11.2 Å². The van der Waals surface area contributed by atoms with Crippen LogP contribution in [0.2, 0.25) is 0 Å². The number of hydrogen-bond donors (Lipinski definition) is 0. The Hall–Kier alpha value is -0.540. The maximum atomic E-state index is 10.8. The molecule has 1 unspecified atom stereocenters. The SMILES string of the molecule is Cc1ccc([S+](C)[O-])cn1. The molecule has 0 N–H and O–H groups in total. The van der Waals surface area contributed by atoms with Crippen LogP contribution in [-0.4, -0.2) is 15.8 Å². The monoisotopic (exact) mass is 155 g/mol. The molecule has 10 heavy (non-hydrogen) atoms. The van der Waals surface area contributed by atoms with Crippen molar-refractivity contribution in [1.29, 1.82) is 0 Å². The third kappa shape index (κ3) is 1.72. The van der Waals surface area contributed by atoms with E-state index in [1.165, 1.54) is 0 Å². The Morgan fingerprint density at radius 1 is 1.50 bits per heavy atom. The largest absolute Gasteiger partial charge is 0.612 e. The van der Waals surface area contributed by atoms with Crippen molar-refractivity contribution in [1.82, 2.24) is 4.98 Å². The second-order valence-electron chi connectivity index (χ2n) is 2.09. The summed E-state index contributed by atoms with van der Waals surface area (Å²) in [6.45, 7) is 1.91. The molecule has 0 aromatic carbocycles. The number of hydrogen-bond acceptors (Lipinski definition) is 2. The van der Waals surface area contributed by atoms with E-state index in [-0.39, 0.29) is 0 Å². The summed E-state index contributed by atoms with van der Waals surface area (Å²) in [5.74, 6) is 0. The van der Waals surface area contributed by atoms with Crippen molar-refractivity contribution in [2.45, 2.75) is 11.8 Å². The Kier molecular flexibility index (Phi) is 2.29. The molecule has 0 aliphatic heterocycles. The highest BCUT2D eigenvalue weighted by atomic mass is 32.2. The van der Waals surface area contributed by atoms with Gasteiger partial charge in [-0.2, -0.15) is 0 Å². The molecule has 0 fully saturated rings. The highest BCUT2D eigenvalue weighted by molar-refractivity contribution is 7.90. The van der Waals surface area contributed by atoms with E-state index < -0.39 is 11.2 Å². The first-order chi connectivity index (χ1) is 4.70. The van der Waals surface area contributed by atoms with Crippen LogP contribution < -0.4 is 0 Å². The molecule has 0 saturated carbocycles. The fourth-order valence-electron chi connectivity index (χ4n) is 0.624. The molecule has 0 aliphatic rings. The third-order valence-electron chi connectivity index (χ3n) is 1.22. The van der Waals surface area contributed by atoms with Crippen molar-refractivity contribution in [3.63, 3.8) is 0 Å². The summed E-state index contributed by atoms with van der Waals surface area (Å²) in [6.07, 6.45) is 3.29. The van der Waals surface area contributed by atoms with Crippen LogP contribution in [0.15, 0.2) is 23.2 Å². The van der Waals surface area contributed by atoms with Gasteiger partial charge in [-0.25, -0.2) is 0 Å². The van der Waals surface area contributed by atoms with E-state index in [9.17, 15) is 4.55 Å². The smallest absolute Gasteiger partial charge is 0.170 e. The summed E-state index contributed by atoms with van der Waals surface area (Å²) in [6, 6.07) is 3.69. The van der Waals surface area contributed by atoms with Gasteiger partial charge in [-0.15, -0.1) is 0 Å². The van der Waals surface area contributed by atoms with Gasteiger partial charge in [-0.3, -0.25) is 4.98 Å². The molecule has 0 bridgehead atoms. The number of pyridine rings is 1. The minimum atomic E-state index is -0.900. The Balaban J connectivity index is 2.89. The van der Waals surface area contributed by atoms with Crippen LogP contribution in [0.25, 0.3) is 0 Å². The molecular weight excluding hydrogens is 146 g/mol. The topological polar surface area (TPSA) is 36.0 Å². The van der Waals surface area contributed by atoms with Gasteiger partial charge in [0.25, 0.3) is 0 Å². The average molecular weight is 155 g/mol. The Morgan fingerprint density at radius 2 is 2.20 bits per heavy atom. The summed E-state index contributed by atoms with van der Waals surface area (Å²) in [4.78, 5) is 4.79. The van der Waals surface area contributed by atoms with Crippen LogP contribution in [0, 0.1) is 6.92 Å². The molecule has 1 aromatic rings. The number of aryl methyl sites for hydroxylation is 1. The van der Waals surface area contributed by atoms with E-state index in [1.54, 1.807) is 12.5 Å². The van der Waals surface area contributed by atoms with Crippen molar-refractivity contribution < 1.29 is 4.55 Å². The molecular formula is C7H9NOS. The van der Waals surface area contributed by atoms with Gasteiger partial charge in [0.1, 0.15) is 6.26 Å². The fourth-order valence-corrected chi connectivity index (χ4v) is 1.09. The van der Waals surface area contributed by atoms with E-state index >= 15 is 0 Å². The lowest BCUT2D eigenvalue weighted by atomic mass is 10.4. The van der Waals surface area contributed by atoms with Crippen LogP contribution in [0.1, 0.15) is 5.69 Å². The second kappa shape index (κ2) is 3.03. The van der Waals surface area contributed by atoms with Gasteiger partial charge in [-0.05, 0) is 30.2 Å². The van der Waals surface area contributed by atoms with Gasteiger partial charge in [0.05, 0.1) is 6.20 Å². The molecule has 3 heteroatoms. The van der Waals surface area contributed by atoms with Crippen LogP contribution >= 0.6 is 0 Å². The summed E-state index contributed by atoms with van der Waals surface area (Å²) < 4.78 is 10.8. The fraction of sp³-hybridized carbons (Fsp3) is 0.286. The zero-order valence-electron chi connectivity index (χ0n) is 6.00. The summed E-state index contributed by atoms with van der Waals surface area (Å²) >= 11 is -0.900. The molecule has 0 amide bonds. The zero-order chi connectivity index (χ0) is 7.56. The number of aromatic nitrogens is 1. The van der Waals surface area contributed by atoms with Gasteiger partial charge in [0.2, 0.25) is 0 Å². The Bertz CT molecular complexity index is 207. The first-order valence-electron chi connectivity index (χ1n) is 2.96. The minimum absolute atomic E-state index is 0.783. The van der Waals surface area contributed by atoms with Gasteiger partial charge in [0, 0.05) is 5.69 Å². The first kappa shape index (κ1) is 7.57. The lowest BCUT2D eigenvalue weighted by Crippen LogP contribution is -1.97. The molecule has 54 valence electrons. The predicted molar refractivity (Wildman–Crippen MR) is 41.3 cm³/mol. The molecule has 2 nitrogen and oxygen atoms in total. The van der Waals surface area contributed by atoms with Crippen LogP contribution in [-0.2, 0) is 11.2 Å². The van der Waals surface area contributed by atoms with Gasteiger partial charge in [0.15, 0.2) is 4.90 Å². The average Bonchev–Trinajstić information content (AvgIpc) is 1.88. The van der Waals surface area contributed by atoms with E-state index in [0.29, 0.717) is 0 Å². The van der Waals surface area contributed by atoms with Gasteiger partial charge < -0.3 is 4.55 Å². The van der Waals surface area contributed by atoms with Crippen LogP contribution in [0.5, 0.6) is 0 Å². The number of nitrogens with zero attached hydrogens (tertiary/aromatic N) is 1. The van der Waals surface area contributed by atoms with E-state index in [4.69, 9.17) is 0 Å². The normalized spacial score (nSPS) is 13.1. The zero-order valence-corrected chi connectivity index (χ0v) is 6.81. The predicted octanol–water partition coefficient (Wildman–Crippen LogP) is 1.13. The standard InChI is InChI=1S/C7H9NOS/c1-6-3-4-7(5-8-6)10(2)9/h3-5H,1-2H3. The van der Waals surface area contributed by atoms with Gasteiger partial charge in [-0.1, -0.05) is 0 Å². The third-order valence-corrected chi connectivity index (χ3v) is 2.12. The lowest BCUT2D eigenvalue weighted by Gasteiger charge is -2.01. The van der Waals surface area contributed by atoms with Crippen LogP contribution in [0.4, 0.5) is 0 Å². The van der Waals surface area contributed by atoms with E-state index in [1.807, 2.05) is 19.1 Å². The van der Waals surface area contributed by atoms with Crippen LogP contribution in [0.3, 0.4) is 0 Å². The summed E-state index contributed by atoms with van der Waals surface area (Å²) in [7, 11) is 0. The van der Waals surface area contributed by atoms with Crippen molar-refractivity contribution in [3.8, 4) is 0 Å². The summed E-state index contributed by atoms with van der Waals surface area (Å²) in [5, 5.41) is 0. The molecule has 0 aliphatic carbocycles. The minimum Gasteiger partial charge on any atom is -0.612 e. The van der Waals surface area contributed by atoms with E-state index in [2.05, 4.69) is 4.98 Å². The number of rotatable bonds is 1. The molecule has 1 aromatic heterocycles. The Labute approximate surface area is 63.5 Å². The maximum Gasteiger partial charge on any atom is 0.170 e. The lowest BCUT2D eigenvalue weighted by molar-refractivity contribution is 0.600. The van der Waals surface area contributed by atoms with Gasteiger partial charge >= 0.3 is 0 Å². The van der Waals surface area contributed by atoms with E-state index in [0.717, 1.165) is 10.6 Å². The molecule has 1 atom stereocenters. The molecule has 0 radical (unpaired) electrons. The van der Waals surface area contributed by atoms with Crippen molar-refractivity contribution in [2.24, 2.45) is 0 Å². The molecule has 1 rings (SSSR count). The molecule has 1 heterocycles. The summed E-state index contributed by atoms with van der Waals surface area (Å²) in [5.41, 5.74) is 0.953. The molecule has 0 saturated heterocycles.